The minimum atomic E-state index is -0.0971. The number of halogens is 2. The van der Waals surface area contributed by atoms with E-state index in [4.69, 9.17) is 10.5 Å². The quantitative estimate of drug-likeness (QED) is 0.897. The number of hydrogen-bond donors (Lipinski definition) is 2. The molecule has 0 aliphatic heterocycles. The van der Waals surface area contributed by atoms with Crippen LogP contribution in [0.15, 0.2) is 16.6 Å². The Morgan fingerprint density at radius 3 is 2.59 bits per heavy atom. The van der Waals surface area contributed by atoms with Crippen molar-refractivity contribution in [3.8, 4) is 11.5 Å². The number of phenolic OH excluding ortho intramolecular Hbond substituents is 1. The van der Waals surface area contributed by atoms with E-state index in [2.05, 4.69) is 15.9 Å². The van der Waals surface area contributed by atoms with E-state index in [-0.39, 0.29) is 24.2 Å². The molecule has 0 bridgehead atoms. The van der Waals surface area contributed by atoms with E-state index in [0.29, 0.717) is 11.7 Å². The molecule has 0 spiro atoms. The Kier molecular flexibility index (Phi) is 5.10. The second kappa shape index (κ2) is 5.94. The van der Waals surface area contributed by atoms with Crippen molar-refractivity contribution in [2.75, 3.05) is 7.11 Å². The van der Waals surface area contributed by atoms with Gasteiger partial charge in [0.15, 0.2) is 11.5 Å². The molecule has 1 aromatic rings. The van der Waals surface area contributed by atoms with Gasteiger partial charge in [0, 0.05) is 16.1 Å². The van der Waals surface area contributed by atoms with E-state index in [0.717, 1.165) is 22.9 Å². The lowest BCUT2D eigenvalue weighted by Crippen LogP contribution is -2.26. The Morgan fingerprint density at radius 1 is 1.47 bits per heavy atom. The number of hydrogen-bond acceptors (Lipinski definition) is 3. The van der Waals surface area contributed by atoms with Crippen molar-refractivity contribution in [2.45, 2.75) is 25.3 Å². The number of nitrogens with two attached hydrogens (primary N) is 1. The Balaban J connectivity index is 0.00000144. The molecule has 96 valence electrons. The fourth-order valence-corrected chi connectivity index (χ4v) is 2.51. The van der Waals surface area contributed by atoms with Gasteiger partial charge in [0.2, 0.25) is 0 Å². The van der Waals surface area contributed by atoms with Crippen LogP contribution in [0.1, 0.15) is 30.9 Å². The van der Waals surface area contributed by atoms with Crippen LogP contribution in [0, 0.1) is 5.92 Å². The molecular weight excluding hydrogens is 305 g/mol. The topological polar surface area (TPSA) is 55.5 Å². The molecule has 1 saturated carbocycles. The van der Waals surface area contributed by atoms with Crippen LogP contribution in [0.5, 0.6) is 11.5 Å². The molecule has 3 N–H and O–H groups in total. The maximum atomic E-state index is 10.0. The summed E-state index contributed by atoms with van der Waals surface area (Å²) in [4.78, 5) is 0. The van der Waals surface area contributed by atoms with Crippen LogP contribution in [-0.4, -0.2) is 12.2 Å². The Morgan fingerprint density at radius 2 is 2.12 bits per heavy atom. The number of phenols is 1. The highest BCUT2D eigenvalue weighted by Gasteiger charge is 2.28. The van der Waals surface area contributed by atoms with E-state index >= 15 is 0 Å². The van der Waals surface area contributed by atoms with Crippen molar-refractivity contribution in [3.63, 3.8) is 0 Å². The number of ether oxygens (including phenoxy) is 1. The largest absolute Gasteiger partial charge is 0.504 e. The van der Waals surface area contributed by atoms with Crippen molar-refractivity contribution in [2.24, 2.45) is 11.7 Å². The van der Waals surface area contributed by atoms with E-state index < -0.39 is 0 Å². The monoisotopic (exact) mass is 321 g/mol. The summed E-state index contributed by atoms with van der Waals surface area (Å²) < 4.78 is 5.99. The van der Waals surface area contributed by atoms with E-state index in [9.17, 15) is 5.11 Å². The minimum absolute atomic E-state index is 0. The highest BCUT2D eigenvalue weighted by molar-refractivity contribution is 9.10. The Labute approximate surface area is 116 Å². The average Bonchev–Trinajstić information content (AvgIpc) is 2.18. The molecule has 0 unspecified atom stereocenters. The van der Waals surface area contributed by atoms with Gasteiger partial charge in [-0.05, 0) is 30.9 Å². The summed E-state index contributed by atoms with van der Waals surface area (Å²) >= 11 is 3.40. The first-order valence-corrected chi connectivity index (χ1v) is 6.24. The molecule has 3 nitrogen and oxygen atoms in total. The Hall–Kier alpha value is -0.450. The first kappa shape index (κ1) is 14.6. The van der Waals surface area contributed by atoms with Gasteiger partial charge in [-0.1, -0.05) is 22.4 Å². The van der Waals surface area contributed by atoms with Gasteiger partial charge in [-0.3, -0.25) is 0 Å². The zero-order valence-corrected chi connectivity index (χ0v) is 12.1. The SMILES string of the molecule is COc1cc(Br)cc([C@@H](N)C2CCC2)c1O.Cl. The van der Waals surface area contributed by atoms with Crippen molar-refractivity contribution < 1.29 is 9.84 Å². The lowest BCUT2D eigenvalue weighted by atomic mass is 9.77. The molecule has 1 aromatic carbocycles. The molecule has 0 aromatic heterocycles. The first-order chi connectivity index (χ1) is 7.63. The third-order valence-corrected chi connectivity index (χ3v) is 3.76. The van der Waals surface area contributed by atoms with Crippen LogP contribution in [-0.2, 0) is 0 Å². The highest BCUT2D eigenvalue weighted by atomic mass is 79.9. The average molecular weight is 323 g/mol. The summed E-state index contributed by atoms with van der Waals surface area (Å²) in [5, 5.41) is 10.0. The van der Waals surface area contributed by atoms with Gasteiger partial charge in [-0.2, -0.15) is 0 Å². The summed E-state index contributed by atoms with van der Waals surface area (Å²) in [5.41, 5.74) is 6.93. The third kappa shape index (κ3) is 2.87. The summed E-state index contributed by atoms with van der Waals surface area (Å²) in [6, 6.07) is 3.52. The number of benzene rings is 1. The molecular formula is C12H17BrClNO2. The second-order valence-corrected chi connectivity index (χ2v) is 5.18. The number of methoxy groups -OCH3 is 1. The minimum Gasteiger partial charge on any atom is -0.504 e. The van der Waals surface area contributed by atoms with Gasteiger partial charge in [0.05, 0.1) is 7.11 Å². The number of rotatable bonds is 3. The predicted molar refractivity (Wildman–Crippen MR) is 73.9 cm³/mol. The molecule has 17 heavy (non-hydrogen) atoms. The molecule has 0 radical (unpaired) electrons. The van der Waals surface area contributed by atoms with Crippen molar-refractivity contribution in [1.29, 1.82) is 0 Å². The summed E-state index contributed by atoms with van der Waals surface area (Å²) in [7, 11) is 1.54. The van der Waals surface area contributed by atoms with E-state index in [1.54, 1.807) is 13.2 Å². The van der Waals surface area contributed by atoms with Gasteiger partial charge >= 0.3 is 0 Å². The number of aromatic hydroxyl groups is 1. The second-order valence-electron chi connectivity index (χ2n) is 4.26. The standard InChI is InChI=1S/C12H16BrNO2.ClH/c1-16-10-6-8(13)5-9(12(10)15)11(14)7-3-2-4-7;/h5-7,11,15H,2-4,14H2,1H3;1H/t11-;/m0./s1. The molecule has 1 aliphatic carbocycles. The van der Waals surface area contributed by atoms with Crippen LogP contribution in [0.3, 0.4) is 0 Å². The first-order valence-electron chi connectivity index (χ1n) is 5.45. The van der Waals surface area contributed by atoms with Crippen LogP contribution < -0.4 is 10.5 Å². The van der Waals surface area contributed by atoms with E-state index in [1.807, 2.05) is 6.07 Å². The van der Waals surface area contributed by atoms with Crippen LogP contribution in [0.2, 0.25) is 0 Å². The molecule has 1 fully saturated rings. The molecule has 2 rings (SSSR count). The summed E-state index contributed by atoms with van der Waals surface area (Å²) in [5.74, 6) is 1.13. The normalized spacial score (nSPS) is 16.9. The summed E-state index contributed by atoms with van der Waals surface area (Å²) in [6.07, 6.45) is 3.54. The van der Waals surface area contributed by atoms with Gasteiger partial charge in [-0.25, -0.2) is 0 Å². The fraction of sp³-hybridized carbons (Fsp3) is 0.500. The fourth-order valence-electron chi connectivity index (χ4n) is 2.06. The maximum absolute atomic E-state index is 10.0. The van der Waals surface area contributed by atoms with Crippen LogP contribution >= 0.6 is 28.3 Å². The molecule has 0 saturated heterocycles. The lowest BCUT2D eigenvalue weighted by molar-refractivity contribution is 0.258. The Bertz CT molecular complexity index is 396. The zero-order valence-electron chi connectivity index (χ0n) is 9.65. The smallest absolute Gasteiger partial charge is 0.162 e. The third-order valence-electron chi connectivity index (χ3n) is 3.31. The van der Waals surface area contributed by atoms with E-state index in [1.165, 1.54) is 6.42 Å². The maximum Gasteiger partial charge on any atom is 0.162 e. The lowest BCUT2D eigenvalue weighted by Gasteiger charge is -2.32. The van der Waals surface area contributed by atoms with Gasteiger partial charge in [0.1, 0.15) is 0 Å². The predicted octanol–water partition coefficient (Wildman–Crippen LogP) is 3.39. The zero-order chi connectivity index (χ0) is 11.7. The van der Waals surface area contributed by atoms with Crippen molar-refractivity contribution in [1.82, 2.24) is 0 Å². The van der Waals surface area contributed by atoms with Crippen LogP contribution in [0.25, 0.3) is 0 Å². The van der Waals surface area contributed by atoms with Crippen LogP contribution in [0.4, 0.5) is 0 Å². The van der Waals surface area contributed by atoms with Crippen molar-refractivity contribution in [3.05, 3.63) is 22.2 Å². The van der Waals surface area contributed by atoms with Gasteiger partial charge in [-0.15, -0.1) is 12.4 Å². The molecule has 0 heterocycles. The molecule has 0 amide bonds. The summed E-state index contributed by atoms with van der Waals surface area (Å²) in [6.45, 7) is 0. The van der Waals surface area contributed by atoms with Gasteiger partial charge < -0.3 is 15.6 Å². The molecule has 1 atom stereocenters. The molecule has 1 aliphatic rings. The van der Waals surface area contributed by atoms with Crippen molar-refractivity contribution >= 4 is 28.3 Å². The highest BCUT2D eigenvalue weighted by Crippen LogP contribution is 2.43. The van der Waals surface area contributed by atoms with Gasteiger partial charge in [0.25, 0.3) is 0 Å². The molecule has 5 heteroatoms.